The van der Waals surface area contributed by atoms with Crippen LogP contribution in [0.25, 0.3) is 6.08 Å². The van der Waals surface area contributed by atoms with E-state index in [1.807, 2.05) is 51.1 Å². The molecule has 5 nitrogen and oxygen atoms in total. The van der Waals surface area contributed by atoms with Gasteiger partial charge in [0.15, 0.2) is 6.61 Å². The summed E-state index contributed by atoms with van der Waals surface area (Å²) in [6, 6.07) is 9.02. The molecule has 0 saturated carbocycles. The topological polar surface area (TPSA) is 54.0 Å². The van der Waals surface area contributed by atoms with Crippen molar-refractivity contribution < 1.29 is 23.7 Å². The van der Waals surface area contributed by atoms with E-state index in [0.29, 0.717) is 29.4 Å². The number of rotatable bonds is 10. The van der Waals surface area contributed by atoms with E-state index in [1.165, 1.54) is 0 Å². The van der Waals surface area contributed by atoms with E-state index in [4.69, 9.17) is 18.9 Å². The van der Waals surface area contributed by atoms with Gasteiger partial charge in [-0.05, 0) is 57.2 Å². The van der Waals surface area contributed by atoms with Gasteiger partial charge in [0.05, 0.1) is 11.1 Å². The summed E-state index contributed by atoms with van der Waals surface area (Å²) in [7, 11) is 0. The highest BCUT2D eigenvalue weighted by Crippen LogP contribution is 2.37. The lowest BCUT2D eigenvalue weighted by molar-refractivity contribution is 0.0916. The number of ether oxygens (including phenoxy) is 4. The smallest absolute Gasteiger partial charge is 0.203 e. The van der Waals surface area contributed by atoms with Crippen molar-refractivity contribution in [3.63, 3.8) is 0 Å². The molecule has 0 fully saturated rings. The Kier molecular flexibility index (Phi) is 6.85. The fourth-order valence-electron chi connectivity index (χ4n) is 3.25. The van der Waals surface area contributed by atoms with E-state index >= 15 is 0 Å². The average Bonchev–Trinajstić information content (AvgIpc) is 2.74. The van der Waals surface area contributed by atoms with Crippen LogP contribution in [0.3, 0.4) is 0 Å². The average molecular weight is 421 g/mol. The quantitative estimate of drug-likeness (QED) is 0.371. The van der Waals surface area contributed by atoms with E-state index in [9.17, 15) is 4.79 Å². The predicted molar refractivity (Wildman–Crippen MR) is 123 cm³/mol. The minimum Gasteiger partial charge on any atom is -0.489 e. The highest BCUT2D eigenvalue weighted by molar-refractivity contribution is 6.00. The normalized spacial score (nSPS) is 13.5. The lowest BCUT2D eigenvalue weighted by Crippen LogP contribution is -2.27. The van der Waals surface area contributed by atoms with Gasteiger partial charge in [0.2, 0.25) is 5.78 Å². The molecule has 0 spiro atoms. The molecule has 5 heteroatoms. The molecule has 2 aromatic carbocycles. The van der Waals surface area contributed by atoms with Crippen LogP contribution in [-0.4, -0.2) is 31.2 Å². The van der Waals surface area contributed by atoms with Crippen molar-refractivity contribution in [1.82, 2.24) is 0 Å². The van der Waals surface area contributed by atoms with Crippen LogP contribution in [0.5, 0.6) is 23.0 Å². The second kappa shape index (κ2) is 9.56. The number of ketones is 1. The minimum atomic E-state index is -0.383. The van der Waals surface area contributed by atoms with Gasteiger partial charge in [-0.3, -0.25) is 4.79 Å². The van der Waals surface area contributed by atoms with Gasteiger partial charge in [0.25, 0.3) is 0 Å². The van der Waals surface area contributed by atoms with E-state index in [1.54, 1.807) is 24.3 Å². The Morgan fingerprint density at radius 3 is 2.52 bits per heavy atom. The molecule has 2 aromatic rings. The van der Waals surface area contributed by atoms with Crippen molar-refractivity contribution in [2.45, 2.75) is 26.4 Å². The molecular weight excluding hydrogens is 392 g/mol. The van der Waals surface area contributed by atoms with Crippen molar-refractivity contribution in [3.05, 3.63) is 78.4 Å². The number of fused-ring (bicyclic) bond motifs is 1. The Bertz CT molecular complexity index is 1020. The van der Waals surface area contributed by atoms with Crippen LogP contribution in [0.4, 0.5) is 0 Å². The zero-order chi connectivity index (χ0) is 22.4. The van der Waals surface area contributed by atoms with Crippen molar-refractivity contribution in [1.29, 1.82) is 0 Å². The second-order valence-electron chi connectivity index (χ2n) is 7.68. The van der Waals surface area contributed by atoms with Gasteiger partial charge in [-0.2, -0.15) is 0 Å². The van der Waals surface area contributed by atoms with Crippen molar-refractivity contribution in [2.75, 3.05) is 19.8 Å². The molecule has 0 amide bonds. The highest BCUT2D eigenvalue weighted by atomic mass is 16.5. The monoisotopic (exact) mass is 420 g/mol. The molecule has 31 heavy (non-hydrogen) atoms. The van der Waals surface area contributed by atoms with Gasteiger partial charge in [-0.1, -0.05) is 31.4 Å². The number of Topliss-reactive ketones (excluding diaryl/α,β-unsaturated/α-hetero) is 1. The second-order valence-corrected chi connectivity index (χ2v) is 7.68. The number of hydrogen-bond acceptors (Lipinski definition) is 5. The van der Waals surface area contributed by atoms with Gasteiger partial charge in [0.1, 0.15) is 41.8 Å². The summed E-state index contributed by atoms with van der Waals surface area (Å²) in [5.74, 6) is 2.23. The van der Waals surface area contributed by atoms with Gasteiger partial charge in [-0.15, -0.1) is 0 Å². The SMILES string of the molecule is C=CCOc1ccc(C(=O)COc2cccc3c2C=CC(C)(C)O3)c(OCC=C)c1C. The maximum atomic E-state index is 13.0. The third-order valence-corrected chi connectivity index (χ3v) is 4.77. The maximum Gasteiger partial charge on any atom is 0.203 e. The molecule has 0 saturated heterocycles. The minimum absolute atomic E-state index is 0.134. The molecule has 1 aliphatic heterocycles. The van der Waals surface area contributed by atoms with E-state index in [2.05, 4.69) is 13.2 Å². The van der Waals surface area contributed by atoms with Gasteiger partial charge < -0.3 is 18.9 Å². The molecule has 0 atom stereocenters. The Labute approximate surface area is 183 Å². The van der Waals surface area contributed by atoms with Gasteiger partial charge >= 0.3 is 0 Å². The predicted octanol–water partition coefficient (Wildman–Crippen LogP) is 5.57. The lowest BCUT2D eigenvalue weighted by atomic mass is 10.0. The summed E-state index contributed by atoms with van der Waals surface area (Å²) in [5.41, 5.74) is 1.61. The summed E-state index contributed by atoms with van der Waals surface area (Å²) in [4.78, 5) is 13.0. The Morgan fingerprint density at radius 1 is 1.03 bits per heavy atom. The van der Waals surface area contributed by atoms with Gasteiger partial charge in [-0.25, -0.2) is 0 Å². The Balaban J connectivity index is 1.82. The number of carbonyl (C=O) groups excluding carboxylic acids is 1. The first kappa shape index (κ1) is 22.2. The van der Waals surface area contributed by atoms with Crippen molar-refractivity contribution in [3.8, 4) is 23.0 Å². The number of carbonyl (C=O) groups is 1. The number of hydrogen-bond donors (Lipinski definition) is 0. The maximum absolute atomic E-state index is 13.0. The van der Waals surface area contributed by atoms with E-state index in [-0.39, 0.29) is 24.6 Å². The molecule has 3 rings (SSSR count). The molecule has 1 aliphatic rings. The molecule has 0 unspecified atom stereocenters. The molecule has 0 radical (unpaired) electrons. The van der Waals surface area contributed by atoms with Crippen LogP contribution in [0, 0.1) is 6.92 Å². The zero-order valence-corrected chi connectivity index (χ0v) is 18.3. The summed E-state index contributed by atoms with van der Waals surface area (Å²) < 4.78 is 23.3. The molecule has 0 aromatic heterocycles. The first-order valence-electron chi connectivity index (χ1n) is 10.1. The first-order chi connectivity index (χ1) is 14.9. The Morgan fingerprint density at radius 2 is 1.77 bits per heavy atom. The first-order valence-corrected chi connectivity index (χ1v) is 10.1. The zero-order valence-electron chi connectivity index (χ0n) is 18.3. The molecular formula is C26H28O5. The third kappa shape index (κ3) is 5.18. The fourth-order valence-corrected chi connectivity index (χ4v) is 3.25. The summed E-state index contributed by atoms with van der Waals surface area (Å²) in [6.45, 7) is 13.7. The molecule has 0 N–H and O–H groups in total. The molecule has 0 bridgehead atoms. The lowest BCUT2D eigenvalue weighted by Gasteiger charge is -2.28. The third-order valence-electron chi connectivity index (χ3n) is 4.77. The highest BCUT2D eigenvalue weighted by Gasteiger charge is 2.24. The van der Waals surface area contributed by atoms with E-state index in [0.717, 1.165) is 16.9 Å². The van der Waals surface area contributed by atoms with Crippen LogP contribution < -0.4 is 18.9 Å². The van der Waals surface area contributed by atoms with Crippen LogP contribution >= 0.6 is 0 Å². The Hall–Kier alpha value is -3.47. The summed E-state index contributed by atoms with van der Waals surface area (Å²) >= 11 is 0. The van der Waals surface area contributed by atoms with E-state index < -0.39 is 0 Å². The molecule has 0 aliphatic carbocycles. The van der Waals surface area contributed by atoms with Crippen LogP contribution in [0.2, 0.25) is 0 Å². The van der Waals surface area contributed by atoms with Crippen LogP contribution in [-0.2, 0) is 0 Å². The summed E-state index contributed by atoms with van der Waals surface area (Å²) in [6.07, 6.45) is 7.23. The van der Waals surface area contributed by atoms with Crippen LogP contribution in [0.1, 0.15) is 35.3 Å². The number of benzene rings is 2. The fraction of sp³-hybridized carbons (Fsp3) is 0.269. The van der Waals surface area contributed by atoms with Crippen LogP contribution in [0.15, 0.2) is 61.7 Å². The van der Waals surface area contributed by atoms with Gasteiger partial charge in [0, 0.05) is 5.56 Å². The van der Waals surface area contributed by atoms with Crippen molar-refractivity contribution in [2.24, 2.45) is 0 Å². The standard InChI is InChI=1S/C26H28O5/c1-6-15-28-22-12-11-19(25(18(22)3)29-16-7-2)21(27)17-30-23-9-8-10-24-20(23)13-14-26(4,5)31-24/h6-14H,1-2,15-17H2,3-5H3. The largest absolute Gasteiger partial charge is 0.489 e. The molecule has 1 heterocycles. The summed E-state index contributed by atoms with van der Waals surface area (Å²) in [5, 5.41) is 0. The van der Waals surface area contributed by atoms with Crippen molar-refractivity contribution >= 4 is 11.9 Å². The molecule has 162 valence electrons.